The van der Waals surface area contributed by atoms with Gasteiger partial charge >= 0.3 is 0 Å². The summed E-state index contributed by atoms with van der Waals surface area (Å²) in [6.07, 6.45) is 9.59. The van der Waals surface area contributed by atoms with Gasteiger partial charge in [-0.05, 0) is 39.1 Å². The second-order valence-corrected chi connectivity index (χ2v) is 7.98. The number of piperidine rings is 1. The highest BCUT2D eigenvalue weighted by molar-refractivity contribution is 8.00. The van der Waals surface area contributed by atoms with E-state index in [2.05, 4.69) is 39.7 Å². The van der Waals surface area contributed by atoms with Crippen molar-refractivity contribution in [3.8, 4) is 0 Å². The Morgan fingerprint density at radius 3 is 2.88 bits per heavy atom. The van der Waals surface area contributed by atoms with Gasteiger partial charge < -0.3 is 14.4 Å². The summed E-state index contributed by atoms with van der Waals surface area (Å²) >= 11 is 1.58. The van der Waals surface area contributed by atoms with Crippen molar-refractivity contribution in [2.75, 3.05) is 39.5 Å². The molecule has 140 valence electrons. The van der Waals surface area contributed by atoms with Crippen LogP contribution in [0.4, 0.5) is 0 Å². The number of aromatic nitrogens is 3. The number of hydrogen-bond acceptors (Lipinski definition) is 5. The first-order chi connectivity index (χ1) is 12.6. The van der Waals surface area contributed by atoms with Crippen LogP contribution in [0.25, 0.3) is 0 Å². The maximum atomic E-state index is 12.6. The van der Waals surface area contributed by atoms with Gasteiger partial charge in [0.25, 0.3) is 0 Å². The molecule has 3 rings (SSSR count). The minimum atomic E-state index is 0.211. The molecule has 1 amide bonds. The number of carbonyl (C=O) groups excluding carboxylic acids is 1. The van der Waals surface area contributed by atoms with Crippen LogP contribution in [0.15, 0.2) is 41.8 Å². The van der Waals surface area contributed by atoms with E-state index in [-0.39, 0.29) is 5.91 Å². The Kier molecular flexibility index (Phi) is 6.68. The van der Waals surface area contributed by atoms with E-state index in [1.165, 1.54) is 0 Å². The molecule has 2 aromatic rings. The predicted octanol–water partition coefficient (Wildman–Crippen LogP) is 2.34. The van der Waals surface area contributed by atoms with Gasteiger partial charge in [0.05, 0.1) is 5.75 Å². The lowest BCUT2D eigenvalue weighted by molar-refractivity contribution is -0.129. The largest absolute Gasteiger partial charge is 0.341 e. The molecule has 0 bridgehead atoms. The predicted molar refractivity (Wildman–Crippen MR) is 104 cm³/mol. The van der Waals surface area contributed by atoms with E-state index >= 15 is 0 Å². The van der Waals surface area contributed by atoms with Gasteiger partial charge in [0.2, 0.25) is 5.91 Å². The van der Waals surface area contributed by atoms with Crippen molar-refractivity contribution >= 4 is 17.7 Å². The van der Waals surface area contributed by atoms with Crippen LogP contribution in [-0.4, -0.2) is 69.7 Å². The first-order valence-corrected chi connectivity index (χ1v) is 10.1. The molecule has 3 heterocycles. The number of carbonyl (C=O) groups is 1. The van der Waals surface area contributed by atoms with Crippen molar-refractivity contribution < 1.29 is 4.79 Å². The highest BCUT2D eigenvalue weighted by atomic mass is 32.2. The molecule has 0 aliphatic carbocycles. The van der Waals surface area contributed by atoms with E-state index in [1.54, 1.807) is 24.2 Å². The first kappa shape index (κ1) is 18.9. The lowest BCUT2D eigenvalue weighted by Gasteiger charge is -2.32. The smallest absolute Gasteiger partial charge is 0.232 e. The Labute approximate surface area is 159 Å². The fourth-order valence-electron chi connectivity index (χ4n) is 3.26. The third kappa shape index (κ3) is 5.08. The molecule has 2 aromatic heterocycles. The Morgan fingerprint density at radius 1 is 1.31 bits per heavy atom. The van der Waals surface area contributed by atoms with Crippen LogP contribution < -0.4 is 0 Å². The summed E-state index contributed by atoms with van der Waals surface area (Å²) in [7, 11) is 4.16. The summed E-state index contributed by atoms with van der Waals surface area (Å²) in [5, 5.41) is 0. The van der Waals surface area contributed by atoms with Crippen LogP contribution >= 0.6 is 11.8 Å². The number of rotatable bonds is 7. The van der Waals surface area contributed by atoms with Crippen molar-refractivity contribution in [3.05, 3.63) is 42.7 Å². The Balaban J connectivity index is 1.57. The van der Waals surface area contributed by atoms with Gasteiger partial charge in [-0.15, -0.1) is 11.8 Å². The first-order valence-electron chi connectivity index (χ1n) is 9.10. The number of imidazole rings is 1. The van der Waals surface area contributed by atoms with Gasteiger partial charge in [0.1, 0.15) is 5.82 Å². The molecule has 0 N–H and O–H groups in total. The summed E-state index contributed by atoms with van der Waals surface area (Å²) in [5.74, 6) is 2.14. The summed E-state index contributed by atoms with van der Waals surface area (Å²) in [6, 6.07) is 3.89. The molecule has 6 nitrogen and oxygen atoms in total. The monoisotopic (exact) mass is 373 g/mol. The number of likely N-dealkylation sites (tertiary alicyclic amines) is 1. The standard InChI is InChI=1S/C19H27N5OS/c1-22(2)12-13-23-11-9-21-19(23)16-4-3-10-24(14-16)18(25)15-26-17-5-7-20-8-6-17/h5-9,11,16H,3-4,10,12-15H2,1-2H3. The fraction of sp³-hybridized carbons (Fsp3) is 0.526. The van der Waals surface area contributed by atoms with Crippen LogP contribution in [0, 0.1) is 0 Å². The lowest BCUT2D eigenvalue weighted by Crippen LogP contribution is -2.40. The summed E-state index contributed by atoms with van der Waals surface area (Å²) in [5.41, 5.74) is 0. The van der Waals surface area contributed by atoms with Crippen molar-refractivity contribution in [2.45, 2.75) is 30.2 Å². The molecule has 0 radical (unpaired) electrons. The van der Waals surface area contributed by atoms with Crippen LogP contribution in [0.3, 0.4) is 0 Å². The van der Waals surface area contributed by atoms with Gasteiger partial charge in [-0.1, -0.05) is 0 Å². The molecule has 0 saturated carbocycles. The molecule has 1 aliphatic rings. The maximum Gasteiger partial charge on any atom is 0.232 e. The van der Waals surface area contributed by atoms with Crippen molar-refractivity contribution in [2.24, 2.45) is 0 Å². The molecule has 1 unspecified atom stereocenters. The minimum Gasteiger partial charge on any atom is -0.341 e. The molecule has 1 atom stereocenters. The summed E-state index contributed by atoms with van der Waals surface area (Å²) in [6.45, 7) is 3.55. The SMILES string of the molecule is CN(C)CCn1ccnc1C1CCCN(C(=O)CSc2ccncc2)C1. The average molecular weight is 374 g/mol. The quantitative estimate of drug-likeness (QED) is 0.697. The normalized spacial score (nSPS) is 17.7. The van der Waals surface area contributed by atoms with E-state index in [0.29, 0.717) is 11.7 Å². The van der Waals surface area contributed by atoms with E-state index < -0.39 is 0 Å². The molecule has 1 saturated heterocycles. The zero-order valence-corrected chi connectivity index (χ0v) is 16.4. The lowest BCUT2D eigenvalue weighted by atomic mass is 9.97. The van der Waals surface area contributed by atoms with Crippen LogP contribution in [0.1, 0.15) is 24.6 Å². The van der Waals surface area contributed by atoms with E-state index in [9.17, 15) is 4.79 Å². The number of thioether (sulfide) groups is 1. The van der Waals surface area contributed by atoms with E-state index in [4.69, 9.17) is 0 Å². The zero-order valence-electron chi connectivity index (χ0n) is 15.5. The van der Waals surface area contributed by atoms with Crippen LogP contribution in [0.2, 0.25) is 0 Å². The Morgan fingerprint density at radius 2 is 2.12 bits per heavy atom. The van der Waals surface area contributed by atoms with Crippen LogP contribution in [-0.2, 0) is 11.3 Å². The topological polar surface area (TPSA) is 54.3 Å². The highest BCUT2D eigenvalue weighted by Crippen LogP contribution is 2.27. The van der Waals surface area contributed by atoms with Gasteiger partial charge in [-0.2, -0.15) is 0 Å². The Hall–Kier alpha value is -1.86. The van der Waals surface area contributed by atoms with Crippen molar-refractivity contribution in [1.82, 2.24) is 24.3 Å². The number of hydrogen-bond donors (Lipinski definition) is 0. The second kappa shape index (κ2) is 9.19. The molecule has 0 aromatic carbocycles. The number of nitrogens with zero attached hydrogens (tertiary/aromatic N) is 5. The number of amides is 1. The third-order valence-corrected chi connectivity index (χ3v) is 5.68. The second-order valence-electron chi connectivity index (χ2n) is 6.93. The van der Waals surface area contributed by atoms with Gasteiger partial charge in [0.15, 0.2) is 0 Å². The van der Waals surface area contributed by atoms with E-state index in [1.807, 2.05) is 23.2 Å². The molecule has 1 aliphatic heterocycles. The maximum absolute atomic E-state index is 12.6. The number of likely N-dealkylation sites (N-methyl/N-ethyl adjacent to an activating group) is 1. The molecule has 26 heavy (non-hydrogen) atoms. The van der Waals surface area contributed by atoms with Crippen molar-refractivity contribution in [1.29, 1.82) is 0 Å². The molecule has 7 heteroatoms. The van der Waals surface area contributed by atoms with Crippen molar-refractivity contribution in [3.63, 3.8) is 0 Å². The molecular weight excluding hydrogens is 346 g/mol. The summed E-state index contributed by atoms with van der Waals surface area (Å²) < 4.78 is 2.24. The zero-order chi connectivity index (χ0) is 18.4. The third-order valence-electron chi connectivity index (χ3n) is 4.69. The summed E-state index contributed by atoms with van der Waals surface area (Å²) in [4.78, 5) is 26.5. The molecular formula is C19H27N5OS. The van der Waals surface area contributed by atoms with E-state index in [0.717, 1.165) is 49.7 Å². The van der Waals surface area contributed by atoms with Gasteiger partial charge in [-0.3, -0.25) is 9.78 Å². The fourth-order valence-corrected chi connectivity index (χ4v) is 4.05. The molecule has 0 spiro atoms. The van der Waals surface area contributed by atoms with Gasteiger partial charge in [-0.25, -0.2) is 4.98 Å². The highest BCUT2D eigenvalue weighted by Gasteiger charge is 2.27. The average Bonchev–Trinajstić information content (AvgIpc) is 3.14. The molecule has 1 fully saturated rings. The Bertz CT molecular complexity index is 703. The number of pyridine rings is 1. The van der Waals surface area contributed by atoms with Crippen LogP contribution in [0.5, 0.6) is 0 Å². The minimum absolute atomic E-state index is 0.211. The van der Waals surface area contributed by atoms with Gasteiger partial charge in [0, 0.05) is 61.8 Å².